The summed E-state index contributed by atoms with van der Waals surface area (Å²) in [6, 6.07) is 11.6. The molecular formula is C13H11IN2O4S. The first kappa shape index (κ1) is 15.7. The Morgan fingerprint density at radius 3 is 2.14 bits per heavy atom. The summed E-state index contributed by atoms with van der Waals surface area (Å²) >= 11 is 2.06. The Labute approximate surface area is 135 Å². The highest BCUT2D eigenvalue weighted by molar-refractivity contribution is 14.1. The van der Waals surface area contributed by atoms with Gasteiger partial charge in [-0.3, -0.25) is 10.2 Å². The number of aromatic hydroxyl groups is 1. The predicted molar refractivity (Wildman–Crippen MR) is 85.1 cm³/mol. The second-order valence-electron chi connectivity index (χ2n) is 4.06. The number of hydrogen-bond acceptors (Lipinski definition) is 4. The molecule has 0 heterocycles. The Kier molecular flexibility index (Phi) is 4.80. The van der Waals surface area contributed by atoms with Gasteiger partial charge in [0.05, 0.1) is 4.90 Å². The molecule has 21 heavy (non-hydrogen) atoms. The summed E-state index contributed by atoms with van der Waals surface area (Å²) in [5, 5.41) is 9.12. The fraction of sp³-hybridized carbons (Fsp3) is 0. The molecule has 0 saturated heterocycles. The maximum absolute atomic E-state index is 12.0. The van der Waals surface area contributed by atoms with Gasteiger partial charge in [0, 0.05) is 9.13 Å². The Morgan fingerprint density at radius 1 is 1.00 bits per heavy atom. The molecule has 0 aliphatic heterocycles. The van der Waals surface area contributed by atoms with Crippen LogP contribution in [0.1, 0.15) is 10.4 Å². The van der Waals surface area contributed by atoms with E-state index in [1.807, 2.05) is 4.83 Å². The van der Waals surface area contributed by atoms with Crippen LogP contribution in [-0.2, 0) is 10.0 Å². The molecule has 6 nitrogen and oxygen atoms in total. The van der Waals surface area contributed by atoms with Crippen molar-refractivity contribution in [1.29, 1.82) is 0 Å². The number of carbonyl (C=O) groups is 1. The molecule has 0 aliphatic carbocycles. The molecule has 0 bridgehead atoms. The van der Waals surface area contributed by atoms with E-state index in [0.717, 1.165) is 3.57 Å². The summed E-state index contributed by atoms with van der Waals surface area (Å²) in [6.45, 7) is 0. The van der Waals surface area contributed by atoms with Crippen LogP contribution in [0.25, 0.3) is 0 Å². The lowest BCUT2D eigenvalue weighted by Crippen LogP contribution is -2.41. The maximum atomic E-state index is 12.0. The number of hydrazine groups is 1. The number of carbonyl (C=O) groups excluding carboxylic acids is 1. The molecule has 2 aromatic rings. The van der Waals surface area contributed by atoms with Crippen LogP contribution < -0.4 is 10.3 Å². The third-order valence-corrected chi connectivity index (χ3v) is 4.54. The van der Waals surface area contributed by atoms with Crippen LogP contribution in [0.5, 0.6) is 5.75 Å². The van der Waals surface area contributed by atoms with Gasteiger partial charge >= 0.3 is 0 Å². The standard InChI is InChI=1S/C13H11IN2O4S/c14-10-3-7-12(8-4-10)21(19,20)16-15-13(18)9-1-5-11(17)6-2-9/h1-8,16-17H,(H,15,18). The number of phenolic OH excluding ortho intramolecular Hbond substituents is 1. The summed E-state index contributed by atoms with van der Waals surface area (Å²) in [5.74, 6) is -0.602. The fourth-order valence-electron chi connectivity index (χ4n) is 1.47. The number of rotatable bonds is 4. The van der Waals surface area contributed by atoms with E-state index < -0.39 is 15.9 Å². The van der Waals surface area contributed by atoms with Crippen molar-refractivity contribution in [2.45, 2.75) is 4.90 Å². The smallest absolute Gasteiger partial charge is 0.266 e. The monoisotopic (exact) mass is 418 g/mol. The fourth-order valence-corrected chi connectivity index (χ4v) is 2.67. The zero-order valence-corrected chi connectivity index (χ0v) is 13.6. The molecule has 0 fully saturated rings. The normalized spacial score (nSPS) is 11.1. The predicted octanol–water partition coefficient (Wildman–Crippen LogP) is 1.62. The lowest BCUT2D eigenvalue weighted by molar-refractivity contribution is 0.0945. The number of halogens is 1. The van der Waals surface area contributed by atoms with Crippen LogP contribution in [0.15, 0.2) is 53.4 Å². The number of nitrogens with one attached hydrogen (secondary N) is 2. The van der Waals surface area contributed by atoms with Crippen molar-refractivity contribution >= 4 is 38.5 Å². The molecule has 0 aromatic heterocycles. The van der Waals surface area contributed by atoms with Gasteiger partial charge in [0.1, 0.15) is 5.75 Å². The first-order chi connectivity index (χ1) is 9.88. The zero-order chi connectivity index (χ0) is 15.5. The number of amides is 1. The SMILES string of the molecule is O=C(NNS(=O)(=O)c1ccc(I)cc1)c1ccc(O)cc1. The molecule has 0 radical (unpaired) electrons. The van der Waals surface area contributed by atoms with Gasteiger partial charge in [-0.1, -0.05) is 0 Å². The van der Waals surface area contributed by atoms with Gasteiger partial charge in [-0.15, -0.1) is 4.83 Å². The first-order valence-electron chi connectivity index (χ1n) is 5.75. The van der Waals surface area contributed by atoms with Gasteiger partial charge in [0.15, 0.2) is 0 Å². The van der Waals surface area contributed by atoms with Crippen LogP contribution in [0.4, 0.5) is 0 Å². The average molecular weight is 418 g/mol. The largest absolute Gasteiger partial charge is 0.508 e. The molecule has 0 spiro atoms. The highest BCUT2D eigenvalue weighted by Crippen LogP contribution is 2.12. The van der Waals surface area contributed by atoms with Crippen LogP contribution in [-0.4, -0.2) is 19.4 Å². The van der Waals surface area contributed by atoms with Crippen LogP contribution >= 0.6 is 22.6 Å². The van der Waals surface area contributed by atoms with Crippen LogP contribution in [0, 0.1) is 3.57 Å². The van der Waals surface area contributed by atoms with E-state index >= 15 is 0 Å². The van der Waals surface area contributed by atoms with E-state index in [-0.39, 0.29) is 16.2 Å². The van der Waals surface area contributed by atoms with Crippen molar-refractivity contribution in [2.75, 3.05) is 0 Å². The summed E-state index contributed by atoms with van der Waals surface area (Å²) in [5.41, 5.74) is 2.33. The van der Waals surface area contributed by atoms with Crippen molar-refractivity contribution in [3.05, 3.63) is 57.7 Å². The molecule has 3 N–H and O–H groups in total. The Hall–Kier alpha value is -1.65. The highest BCUT2D eigenvalue weighted by atomic mass is 127. The lowest BCUT2D eigenvalue weighted by Gasteiger charge is -2.08. The maximum Gasteiger partial charge on any atom is 0.266 e. The lowest BCUT2D eigenvalue weighted by atomic mass is 10.2. The molecule has 1 amide bonds. The number of sulfonamides is 1. The molecule has 2 aromatic carbocycles. The topological polar surface area (TPSA) is 95.5 Å². The number of phenols is 1. The quantitative estimate of drug-likeness (QED) is 0.520. The van der Waals surface area contributed by atoms with Gasteiger partial charge in [0.25, 0.3) is 15.9 Å². The van der Waals surface area contributed by atoms with E-state index in [0.29, 0.717) is 0 Å². The van der Waals surface area contributed by atoms with Gasteiger partial charge in [0.2, 0.25) is 0 Å². The Bertz CT molecular complexity index is 743. The van der Waals surface area contributed by atoms with Crippen molar-refractivity contribution in [2.24, 2.45) is 0 Å². The van der Waals surface area contributed by atoms with Crippen LogP contribution in [0.2, 0.25) is 0 Å². The van der Waals surface area contributed by atoms with E-state index in [1.54, 1.807) is 12.1 Å². The van der Waals surface area contributed by atoms with Crippen molar-refractivity contribution < 1.29 is 18.3 Å². The van der Waals surface area contributed by atoms with Crippen molar-refractivity contribution in [1.82, 2.24) is 10.3 Å². The molecule has 8 heteroatoms. The summed E-state index contributed by atoms with van der Waals surface area (Å²) in [6.07, 6.45) is 0. The number of benzene rings is 2. The molecule has 0 aliphatic rings. The molecule has 110 valence electrons. The summed E-state index contributed by atoms with van der Waals surface area (Å²) < 4.78 is 24.8. The van der Waals surface area contributed by atoms with Gasteiger partial charge in [-0.25, -0.2) is 8.42 Å². The van der Waals surface area contributed by atoms with E-state index in [1.165, 1.54) is 36.4 Å². The van der Waals surface area contributed by atoms with E-state index in [2.05, 4.69) is 28.0 Å². The minimum Gasteiger partial charge on any atom is -0.508 e. The zero-order valence-electron chi connectivity index (χ0n) is 10.6. The van der Waals surface area contributed by atoms with E-state index in [4.69, 9.17) is 5.11 Å². The van der Waals surface area contributed by atoms with Crippen molar-refractivity contribution in [3.63, 3.8) is 0 Å². The van der Waals surface area contributed by atoms with Gasteiger partial charge in [-0.2, -0.15) is 0 Å². The highest BCUT2D eigenvalue weighted by Gasteiger charge is 2.15. The average Bonchev–Trinajstić information content (AvgIpc) is 2.46. The minimum absolute atomic E-state index is 0.0195. The third kappa shape index (κ3) is 4.16. The minimum atomic E-state index is -3.82. The van der Waals surface area contributed by atoms with Crippen LogP contribution in [0.3, 0.4) is 0 Å². The molecular weight excluding hydrogens is 407 g/mol. The van der Waals surface area contributed by atoms with Crippen molar-refractivity contribution in [3.8, 4) is 5.75 Å². The van der Waals surface area contributed by atoms with Gasteiger partial charge in [-0.05, 0) is 71.1 Å². The Morgan fingerprint density at radius 2 is 1.57 bits per heavy atom. The summed E-state index contributed by atoms with van der Waals surface area (Å²) in [7, 11) is -3.82. The second kappa shape index (κ2) is 6.41. The molecule has 0 saturated carbocycles. The Balaban J connectivity index is 2.06. The van der Waals surface area contributed by atoms with Gasteiger partial charge < -0.3 is 5.11 Å². The second-order valence-corrected chi connectivity index (χ2v) is 6.99. The van der Waals surface area contributed by atoms with E-state index in [9.17, 15) is 13.2 Å². The molecule has 0 unspecified atom stereocenters. The molecule has 0 atom stereocenters. The molecule has 2 rings (SSSR count). The summed E-state index contributed by atoms with van der Waals surface area (Å²) in [4.78, 5) is 13.8. The first-order valence-corrected chi connectivity index (χ1v) is 8.31. The third-order valence-electron chi connectivity index (χ3n) is 2.55. The number of hydrogen-bond donors (Lipinski definition) is 3.